The van der Waals surface area contributed by atoms with Crippen LogP contribution in [0, 0.1) is 5.41 Å². The number of hydrogen-bond donors (Lipinski definition) is 2. The third kappa shape index (κ3) is 2.02. The summed E-state index contributed by atoms with van der Waals surface area (Å²) in [5.41, 5.74) is 4.00. The van der Waals surface area contributed by atoms with Crippen molar-refractivity contribution in [2.45, 2.75) is 51.0 Å². The van der Waals surface area contributed by atoms with E-state index < -0.39 is 6.23 Å². The molecule has 5 rings (SSSR count). The average molecular weight is 312 g/mol. The van der Waals surface area contributed by atoms with Crippen LogP contribution in [-0.4, -0.2) is 46.5 Å². The van der Waals surface area contributed by atoms with Gasteiger partial charge in [-0.25, -0.2) is 0 Å². The molecule has 1 aromatic heterocycles. The number of fused-ring (bicyclic) bond motifs is 7. The van der Waals surface area contributed by atoms with Crippen molar-refractivity contribution in [3.63, 3.8) is 0 Å². The minimum atomic E-state index is -0.415. The predicted octanol–water partition coefficient (Wildman–Crippen LogP) is 2.45. The van der Waals surface area contributed by atoms with E-state index in [1.54, 1.807) is 0 Å². The Morgan fingerprint density at radius 1 is 1.39 bits per heavy atom. The SMILES string of the molecule is CCC12CCc3[nH]c4ccccc4c3CC(O)N(CC3OC31)C2. The molecule has 2 fully saturated rings. The third-order valence-electron chi connectivity index (χ3n) is 6.41. The number of piperidine rings is 1. The quantitative estimate of drug-likeness (QED) is 0.795. The van der Waals surface area contributed by atoms with Gasteiger partial charge < -0.3 is 14.8 Å². The number of ether oxygens (including phenoxy) is 1. The summed E-state index contributed by atoms with van der Waals surface area (Å²) in [6.45, 7) is 4.12. The molecule has 2 saturated heterocycles. The monoisotopic (exact) mass is 312 g/mol. The predicted molar refractivity (Wildman–Crippen MR) is 89.3 cm³/mol. The first kappa shape index (κ1) is 14.0. The van der Waals surface area contributed by atoms with Gasteiger partial charge in [0.05, 0.1) is 12.2 Å². The molecule has 4 heterocycles. The highest BCUT2D eigenvalue weighted by Gasteiger charge is 2.58. The zero-order valence-electron chi connectivity index (χ0n) is 13.6. The number of aliphatic hydroxyl groups is 1. The second-order valence-corrected chi connectivity index (χ2v) is 7.55. The topological polar surface area (TPSA) is 51.8 Å². The lowest BCUT2D eigenvalue weighted by atomic mass is 9.73. The molecule has 0 saturated carbocycles. The molecule has 122 valence electrons. The fraction of sp³-hybridized carbons (Fsp3) is 0.579. The number of aromatic nitrogens is 1. The van der Waals surface area contributed by atoms with Crippen molar-refractivity contribution in [1.29, 1.82) is 0 Å². The Morgan fingerprint density at radius 2 is 2.26 bits per heavy atom. The summed E-state index contributed by atoms with van der Waals surface area (Å²) in [4.78, 5) is 5.87. The summed E-state index contributed by atoms with van der Waals surface area (Å²) in [6.07, 6.45) is 4.33. The molecule has 5 atom stereocenters. The van der Waals surface area contributed by atoms with Gasteiger partial charge in [0.2, 0.25) is 0 Å². The van der Waals surface area contributed by atoms with Crippen molar-refractivity contribution < 1.29 is 9.84 Å². The van der Waals surface area contributed by atoms with Gasteiger partial charge in [0.25, 0.3) is 0 Å². The highest BCUT2D eigenvalue weighted by atomic mass is 16.6. The van der Waals surface area contributed by atoms with E-state index in [-0.39, 0.29) is 5.41 Å². The molecule has 1 aromatic carbocycles. The Bertz CT molecular complexity index is 755. The number of hydrogen-bond acceptors (Lipinski definition) is 3. The lowest BCUT2D eigenvalue weighted by Gasteiger charge is -2.41. The normalized spacial score (nSPS) is 39.0. The third-order valence-corrected chi connectivity index (χ3v) is 6.41. The summed E-state index contributed by atoms with van der Waals surface area (Å²) in [5, 5.41) is 12.1. The van der Waals surface area contributed by atoms with Gasteiger partial charge in [-0.2, -0.15) is 0 Å². The smallest absolute Gasteiger partial charge is 0.111 e. The maximum absolute atomic E-state index is 10.9. The van der Waals surface area contributed by atoms with Crippen LogP contribution in [0.5, 0.6) is 0 Å². The number of para-hydroxylation sites is 1. The van der Waals surface area contributed by atoms with Gasteiger partial charge in [-0.1, -0.05) is 25.1 Å². The maximum Gasteiger partial charge on any atom is 0.111 e. The summed E-state index contributed by atoms with van der Waals surface area (Å²) >= 11 is 0. The summed E-state index contributed by atoms with van der Waals surface area (Å²) in [7, 11) is 0. The molecular weight excluding hydrogens is 288 g/mol. The van der Waals surface area contributed by atoms with Gasteiger partial charge in [-0.15, -0.1) is 0 Å². The minimum Gasteiger partial charge on any atom is -0.378 e. The second-order valence-electron chi connectivity index (χ2n) is 7.55. The summed E-state index contributed by atoms with van der Waals surface area (Å²) < 4.78 is 5.97. The van der Waals surface area contributed by atoms with E-state index in [0.29, 0.717) is 18.6 Å². The Hall–Kier alpha value is -1.36. The van der Waals surface area contributed by atoms with E-state index in [0.717, 1.165) is 32.4 Å². The Labute approximate surface area is 136 Å². The standard InChI is InChI=1S/C19H24N2O2/c1-2-19-8-7-15-13(12-5-3-4-6-14(12)20-15)9-17(22)21(11-19)10-16-18(19)23-16/h3-6,16-18,20,22H,2,7-11H2,1H3. The van der Waals surface area contributed by atoms with Gasteiger partial charge in [0.15, 0.2) is 0 Å². The number of benzene rings is 1. The van der Waals surface area contributed by atoms with Gasteiger partial charge in [0.1, 0.15) is 6.23 Å². The fourth-order valence-electron chi connectivity index (χ4n) is 4.94. The van der Waals surface area contributed by atoms with Gasteiger partial charge in [-0.3, -0.25) is 4.90 Å². The molecule has 2 aromatic rings. The molecular formula is C19H24N2O2. The van der Waals surface area contributed by atoms with Crippen molar-refractivity contribution in [2.24, 2.45) is 5.41 Å². The molecule has 3 aliphatic heterocycles. The molecule has 3 aliphatic rings. The van der Waals surface area contributed by atoms with Crippen molar-refractivity contribution >= 4 is 10.9 Å². The number of H-pyrrole nitrogens is 1. The minimum absolute atomic E-state index is 0.197. The van der Waals surface area contributed by atoms with Crippen LogP contribution in [0.15, 0.2) is 24.3 Å². The first-order valence-electron chi connectivity index (χ1n) is 8.86. The number of aromatic amines is 1. The van der Waals surface area contributed by atoms with Crippen LogP contribution in [-0.2, 0) is 17.6 Å². The van der Waals surface area contributed by atoms with Crippen LogP contribution in [0.4, 0.5) is 0 Å². The van der Waals surface area contributed by atoms with Gasteiger partial charge in [-0.05, 0) is 30.9 Å². The Balaban J connectivity index is 1.61. The molecule has 0 spiro atoms. The Kier molecular flexibility index (Phi) is 2.94. The number of epoxide rings is 1. The number of aryl methyl sites for hydroxylation is 1. The van der Waals surface area contributed by atoms with Crippen molar-refractivity contribution in [3.8, 4) is 0 Å². The average Bonchev–Trinajstić information content (AvgIpc) is 3.28. The zero-order valence-corrected chi connectivity index (χ0v) is 13.6. The number of rotatable bonds is 1. The summed E-state index contributed by atoms with van der Waals surface area (Å²) in [5.74, 6) is 0. The first-order chi connectivity index (χ1) is 11.2. The molecule has 2 N–H and O–H groups in total. The number of aliphatic hydroxyl groups excluding tert-OH is 1. The highest BCUT2D eigenvalue weighted by Crippen LogP contribution is 2.50. The molecule has 5 unspecified atom stereocenters. The Morgan fingerprint density at radius 3 is 3.13 bits per heavy atom. The zero-order chi connectivity index (χ0) is 15.6. The van der Waals surface area contributed by atoms with Crippen LogP contribution in [0.2, 0.25) is 0 Å². The fourth-order valence-corrected chi connectivity index (χ4v) is 4.94. The van der Waals surface area contributed by atoms with Crippen LogP contribution in [0.25, 0.3) is 10.9 Å². The van der Waals surface area contributed by atoms with Crippen molar-refractivity contribution in [3.05, 3.63) is 35.5 Å². The number of nitrogens with one attached hydrogen (secondary N) is 1. The number of nitrogens with zero attached hydrogens (tertiary/aromatic N) is 1. The van der Waals surface area contributed by atoms with Crippen LogP contribution < -0.4 is 0 Å². The van der Waals surface area contributed by atoms with Crippen molar-refractivity contribution in [2.75, 3.05) is 13.1 Å². The van der Waals surface area contributed by atoms with E-state index in [9.17, 15) is 5.11 Å². The van der Waals surface area contributed by atoms with Crippen molar-refractivity contribution in [1.82, 2.24) is 9.88 Å². The van der Waals surface area contributed by atoms with Crippen LogP contribution >= 0.6 is 0 Å². The van der Waals surface area contributed by atoms with E-state index in [4.69, 9.17) is 4.74 Å². The molecule has 0 amide bonds. The lowest BCUT2D eigenvalue weighted by molar-refractivity contribution is -0.0370. The molecule has 23 heavy (non-hydrogen) atoms. The molecule has 0 aliphatic carbocycles. The van der Waals surface area contributed by atoms with E-state index >= 15 is 0 Å². The van der Waals surface area contributed by atoms with E-state index in [1.807, 2.05) is 0 Å². The summed E-state index contributed by atoms with van der Waals surface area (Å²) in [6, 6.07) is 8.47. The van der Waals surface area contributed by atoms with Gasteiger partial charge >= 0.3 is 0 Å². The molecule has 0 radical (unpaired) electrons. The molecule has 2 bridgehead atoms. The molecule has 4 nitrogen and oxygen atoms in total. The molecule has 4 heteroatoms. The van der Waals surface area contributed by atoms with Crippen LogP contribution in [0.3, 0.4) is 0 Å². The second kappa shape index (κ2) is 4.82. The van der Waals surface area contributed by atoms with Gasteiger partial charge in [0, 0.05) is 41.5 Å². The largest absolute Gasteiger partial charge is 0.378 e. The first-order valence-corrected chi connectivity index (χ1v) is 8.86. The van der Waals surface area contributed by atoms with E-state index in [2.05, 4.69) is 41.1 Å². The van der Waals surface area contributed by atoms with Crippen LogP contribution in [0.1, 0.15) is 31.0 Å². The maximum atomic E-state index is 10.9. The lowest BCUT2D eigenvalue weighted by Crippen LogP contribution is -2.52. The van der Waals surface area contributed by atoms with E-state index in [1.165, 1.54) is 22.2 Å². The highest BCUT2D eigenvalue weighted by molar-refractivity contribution is 5.84.